The second-order valence-electron chi connectivity index (χ2n) is 3.50. The first-order valence-corrected chi connectivity index (χ1v) is 5.21. The van der Waals surface area contributed by atoms with E-state index in [4.69, 9.17) is 4.74 Å². The molecule has 0 aromatic rings. The van der Waals surface area contributed by atoms with Gasteiger partial charge in [0.2, 0.25) is 0 Å². The molecule has 0 saturated carbocycles. The van der Waals surface area contributed by atoms with E-state index < -0.39 is 0 Å². The van der Waals surface area contributed by atoms with Crippen LogP contribution in [-0.4, -0.2) is 12.7 Å². The summed E-state index contributed by atoms with van der Waals surface area (Å²) in [6.45, 7) is 3.21. The van der Waals surface area contributed by atoms with Crippen molar-refractivity contribution in [3.8, 4) is 0 Å². The zero-order chi connectivity index (χ0) is 8.65. The molecule has 0 aromatic carbocycles. The van der Waals surface area contributed by atoms with Gasteiger partial charge in [-0.3, -0.25) is 0 Å². The Morgan fingerprint density at radius 3 is 2.67 bits per heavy atom. The maximum atomic E-state index is 5.07. The fraction of sp³-hybridized carbons (Fsp3) is 0.818. The summed E-state index contributed by atoms with van der Waals surface area (Å²) in [4.78, 5) is 0. The molecule has 0 spiro atoms. The molecule has 70 valence electrons. The summed E-state index contributed by atoms with van der Waals surface area (Å²) in [5.41, 5.74) is 0. The van der Waals surface area contributed by atoms with Gasteiger partial charge in [0.05, 0.1) is 12.7 Å². The standard InChI is InChI=1S/C11H20O/c1-2-3-4-5-6-7-8-9-11-10-12-11/h8-9,11H,2-7,10H2,1H3/b9-8+/t11-/m1/s1. The van der Waals surface area contributed by atoms with Crippen LogP contribution in [-0.2, 0) is 4.74 Å². The molecule has 0 aromatic heterocycles. The highest BCUT2D eigenvalue weighted by Gasteiger charge is 2.17. The summed E-state index contributed by atoms with van der Waals surface area (Å²) < 4.78 is 5.07. The molecule has 1 nitrogen and oxygen atoms in total. The molecule has 1 aliphatic heterocycles. The van der Waals surface area contributed by atoms with E-state index in [0.29, 0.717) is 6.10 Å². The molecule has 0 N–H and O–H groups in total. The first-order valence-electron chi connectivity index (χ1n) is 5.21. The van der Waals surface area contributed by atoms with Gasteiger partial charge in [0.15, 0.2) is 0 Å². The maximum absolute atomic E-state index is 5.07. The quantitative estimate of drug-likeness (QED) is 0.323. The van der Waals surface area contributed by atoms with Crippen molar-refractivity contribution >= 4 is 0 Å². The van der Waals surface area contributed by atoms with Gasteiger partial charge in [-0.2, -0.15) is 0 Å². The van der Waals surface area contributed by atoms with E-state index in [1.807, 2.05) is 0 Å². The Kier molecular flexibility index (Phi) is 5.09. The molecular formula is C11H20O. The second kappa shape index (κ2) is 6.24. The van der Waals surface area contributed by atoms with Crippen molar-refractivity contribution in [2.75, 3.05) is 6.61 Å². The van der Waals surface area contributed by atoms with Crippen molar-refractivity contribution in [1.82, 2.24) is 0 Å². The average Bonchev–Trinajstić information content (AvgIpc) is 2.87. The molecule has 1 fully saturated rings. The zero-order valence-corrected chi connectivity index (χ0v) is 8.09. The van der Waals surface area contributed by atoms with Gasteiger partial charge >= 0.3 is 0 Å². The van der Waals surface area contributed by atoms with Crippen molar-refractivity contribution in [3.63, 3.8) is 0 Å². The lowest BCUT2D eigenvalue weighted by Gasteiger charge is -1.95. The zero-order valence-electron chi connectivity index (χ0n) is 8.09. The number of hydrogen-bond donors (Lipinski definition) is 0. The van der Waals surface area contributed by atoms with Gasteiger partial charge in [-0.1, -0.05) is 44.8 Å². The average molecular weight is 168 g/mol. The lowest BCUT2D eigenvalue weighted by atomic mass is 10.1. The number of rotatable bonds is 7. The molecule has 0 amide bonds. The Hall–Kier alpha value is -0.300. The molecule has 1 atom stereocenters. The van der Waals surface area contributed by atoms with Gasteiger partial charge in [-0.05, 0) is 12.8 Å². The van der Waals surface area contributed by atoms with Crippen molar-refractivity contribution in [2.24, 2.45) is 0 Å². The predicted molar refractivity (Wildman–Crippen MR) is 52.3 cm³/mol. The van der Waals surface area contributed by atoms with Gasteiger partial charge in [-0.25, -0.2) is 0 Å². The van der Waals surface area contributed by atoms with Crippen LogP contribution in [0.1, 0.15) is 45.4 Å². The van der Waals surface area contributed by atoms with Gasteiger partial charge in [-0.15, -0.1) is 0 Å². The molecule has 0 aliphatic carbocycles. The molecule has 1 heteroatoms. The van der Waals surface area contributed by atoms with Crippen LogP contribution >= 0.6 is 0 Å². The monoisotopic (exact) mass is 168 g/mol. The van der Waals surface area contributed by atoms with E-state index >= 15 is 0 Å². The normalized spacial score (nSPS) is 21.9. The largest absolute Gasteiger partial charge is 0.369 e. The number of hydrogen-bond acceptors (Lipinski definition) is 1. The van der Waals surface area contributed by atoms with Crippen LogP contribution in [0.5, 0.6) is 0 Å². The van der Waals surface area contributed by atoms with Gasteiger partial charge in [0.25, 0.3) is 0 Å². The Morgan fingerprint density at radius 2 is 2.00 bits per heavy atom. The van der Waals surface area contributed by atoms with E-state index in [-0.39, 0.29) is 0 Å². The van der Waals surface area contributed by atoms with Crippen LogP contribution < -0.4 is 0 Å². The summed E-state index contributed by atoms with van der Waals surface area (Å²) in [5.74, 6) is 0. The molecule has 1 heterocycles. The van der Waals surface area contributed by atoms with E-state index in [9.17, 15) is 0 Å². The van der Waals surface area contributed by atoms with Crippen LogP contribution in [0.4, 0.5) is 0 Å². The Balaban J connectivity index is 1.75. The number of epoxide rings is 1. The summed E-state index contributed by atoms with van der Waals surface area (Å²) >= 11 is 0. The highest BCUT2D eigenvalue weighted by atomic mass is 16.6. The SMILES string of the molecule is CCCCCCC/C=C/[C@@H]1CO1. The fourth-order valence-corrected chi connectivity index (χ4v) is 1.28. The number of ether oxygens (including phenoxy) is 1. The van der Waals surface area contributed by atoms with Crippen molar-refractivity contribution in [2.45, 2.75) is 51.6 Å². The molecule has 12 heavy (non-hydrogen) atoms. The van der Waals surface area contributed by atoms with Crippen LogP contribution in [0.3, 0.4) is 0 Å². The second-order valence-corrected chi connectivity index (χ2v) is 3.50. The molecule has 1 rings (SSSR count). The molecule has 0 unspecified atom stereocenters. The minimum Gasteiger partial charge on any atom is -0.369 e. The predicted octanol–water partition coefficient (Wildman–Crippen LogP) is 3.30. The van der Waals surface area contributed by atoms with Crippen LogP contribution in [0, 0.1) is 0 Å². The van der Waals surface area contributed by atoms with Gasteiger partial charge in [0.1, 0.15) is 0 Å². The third kappa shape index (κ3) is 5.36. The highest BCUT2D eigenvalue weighted by Crippen LogP contribution is 2.11. The lowest BCUT2D eigenvalue weighted by Crippen LogP contribution is -1.77. The van der Waals surface area contributed by atoms with Crippen LogP contribution in [0.25, 0.3) is 0 Å². The summed E-state index contributed by atoms with van der Waals surface area (Å²) in [6.07, 6.45) is 13.1. The fourth-order valence-electron chi connectivity index (χ4n) is 1.28. The third-order valence-electron chi connectivity index (χ3n) is 2.18. The first-order chi connectivity index (χ1) is 5.93. The van der Waals surface area contributed by atoms with Crippen LogP contribution in [0.15, 0.2) is 12.2 Å². The van der Waals surface area contributed by atoms with Crippen LogP contribution in [0.2, 0.25) is 0 Å². The summed E-state index contributed by atoms with van der Waals surface area (Å²) in [7, 11) is 0. The first kappa shape index (κ1) is 9.79. The Morgan fingerprint density at radius 1 is 1.25 bits per heavy atom. The Labute approximate surface area is 75.8 Å². The van der Waals surface area contributed by atoms with Crippen molar-refractivity contribution in [1.29, 1.82) is 0 Å². The molecule has 1 aliphatic rings. The summed E-state index contributed by atoms with van der Waals surface area (Å²) in [6, 6.07) is 0. The van der Waals surface area contributed by atoms with E-state index in [1.54, 1.807) is 0 Å². The Bertz CT molecular complexity index is 125. The maximum Gasteiger partial charge on any atom is 0.0991 e. The molecular weight excluding hydrogens is 148 g/mol. The third-order valence-corrected chi connectivity index (χ3v) is 2.18. The molecule has 1 saturated heterocycles. The topological polar surface area (TPSA) is 12.5 Å². The van der Waals surface area contributed by atoms with E-state index in [2.05, 4.69) is 19.1 Å². The lowest BCUT2D eigenvalue weighted by molar-refractivity contribution is 0.439. The van der Waals surface area contributed by atoms with Crippen molar-refractivity contribution in [3.05, 3.63) is 12.2 Å². The number of allylic oxidation sites excluding steroid dienone is 1. The van der Waals surface area contributed by atoms with Gasteiger partial charge < -0.3 is 4.74 Å². The minimum atomic E-state index is 0.473. The minimum absolute atomic E-state index is 0.473. The molecule has 0 radical (unpaired) electrons. The number of unbranched alkanes of at least 4 members (excludes halogenated alkanes) is 5. The summed E-state index contributed by atoms with van der Waals surface area (Å²) in [5, 5.41) is 0. The van der Waals surface area contributed by atoms with E-state index in [0.717, 1.165) is 6.61 Å². The smallest absolute Gasteiger partial charge is 0.0991 e. The van der Waals surface area contributed by atoms with Gasteiger partial charge in [0, 0.05) is 0 Å². The highest BCUT2D eigenvalue weighted by molar-refractivity contribution is 4.95. The van der Waals surface area contributed by atoms with Crippen molar-refractivity contribution < 1.29 is 4.74 Å². The molecule has 0 bridgehead atoms. The van der Waals surface area contributed by atoms with E-state index in [1.165, 1.54) is 38.5 Å².